The van der Waals surface area contributed by atoms with Gasteiger partial charge in [0.1, 0.15) is 0 Å². The predicted octanol–water partition coefficient (Wildman–Crippen LogP) is 3.69. The van der Waals surface area contributed by atoms with Crippen molar-refractivity contribution in [1.29, 1.82) is 0 Å². The van der Waals surface area contributed by atoms with Gasteiger partial charge >= 0.3 is 0 Å². The van der Waals surface area contributed by atoms with Crippen LogP contribution in [0.2, 0.25) is 0 Å². The molecule has 0 fully saturated rings. The van der Waals surface area contributed by atoms with Crippen molar-refractivity contribution in [3.8, 4) is 0 Å². The molecule has 0 aromatic heterocycles. The molecular weight excluding hydrogens is 273 g/mol. The van der Waals surface area contributed by atoms with Crippen LogP contribution in [0.15, 0.2) is 9.66 Å². The molecule has 0 aromatic carbocycles. The summed E-state index contributed by atoms with van der Waals surface area (Å²) in [6.07, 6.45) is 1.20. The highest BCUT2D eigenvalue weighted by Crippen LogP contribution is 2.16. The first-order valence-electron chi connectivity index (χ1n) is 4.98. The van der Waals surface area contributed by atoms with E-state index in [2.05, 4.69) is 66.3 Å². The van der Waals surface area contributed by atoms with Gasteiger partial charge in [-0.1, -0.05) is 42.0 Å². The molecule has 0 aliphatic carbocycles. The van der Waals surface area contributed by atoms with Crippen LogP contribution >= 0.6 is 22.6 Å². The Kier molecular flexibility index (Phi) is 7.05. The lowest BCUT2D eigenvalue weighted by molar-refractivity contribution is 0.275. The summed E-state index contributed by atoms with van der Waals surface area (Å²) in [5, 5.41) is 0. The van der Waals surface area contributed by atoms with Gasteiger partial charge in [0.05, 0.1) is 0 Å². The molecule has 0 aromatic rings. The zero-order valence-electron chi connectivity index (χ0n) is 9.47. The van der Waals surface area contributed by atoms with Gasteiger partial charge in [-0.3, -0.25) is 0 Å². The number of rotatable bonds is 5. The number of hydrogen-bond donors (Lipinski definition) is 0. The molecule has 0 radical (unpaired) electrons. The second-order valence-corrected chi connectivity index (χ2v) is 4.79. The molecule has 78 valence electrons. The number of hydrogen-bond acceptors (Lipinski definition) is 1. The van der Waals surface area contributed by atoms with Gasteiger partial charge in [0.25, 0.3) is 0 Å². The summed E-state index contributed by atoms with van der Waals surface area (Å²) in [4.78, 5) is 2.39. The van der Waals surface area contributed by atoms with Crippen LogP contribution in [-0.2, 0) is 0 Å². The predicted molar refractivity (Wildman–Crippen MR) is 69.3 cm³/mol. The summed E-state index contributed by atoms with van der Waals surface area (Å²) in [6, 6.07) is 0.655. The molecule has 0 bridgehead atoms. The Bertz CT molecular complexity index is 161. The second-order valence-electron chi connectivity index (χ2n) is 4.16. The Balaban J connectivity index is 3.87. The Hall–Kier alpha value is 0.430. The summed E-state index contributed by atoms with van der Waals surface area (Å²) >= 11 is 2.35. The van der Waals surface area contributed by atoms with Gasteiger partial charge < -0.3 is 4.90 Å². The van der Waals surface area contributed by atoms with Crippen molar-refractivity contribution in [1.82, 2.24) is 4.90 Å². The van der Waals surface area contributed by atoms with Crippen LogP contribution in [0.5, 0.6) is 0 Å². The smallest absolute Gasteiger partial charge is 0.00356 e. The first-order valence-corrected chi connectivity index (χ1v) is 6.23. The first kappa shape index (κ1) is 13.4. The third kappa shape index (κ3) is 5.68. The van der Waals surface area contributed by atoms with Gasteiger partial charge in [-0.25, -0.2) is 0 Å². The minimum absolute atomic E-state index is 0.655. The summed E-state index contributed by atoms with van der Waals surface area (Å²) in [5.74, 6) is 0.692. The quantitative estimate of drug-likeness (QED) is 0.699. The maximum atomic E-state index is 2.39. The zero-order chi connectivity index (χ0) is 10.4. The van der Waals surface area contributed by atoms with Crippen molar-refractivity contribution < 1.29 is 0 Å². The summed E-state index contributed by atoms with van der Waals surface area (Å²) in [7, 11) is 2.19. The van der Waals surface area contributed by atoms with Crippen LogP contribution in [0.4, 0.5) is 0 Å². The lowest BCUT2D eigenvalue weighted by atomic mass is 10.0. The average molecular weight is 295 g/mol. The van der Waals surface area contributed by atoms with E-state index in [9.17, 15) is 0 Å². The monoisotopic (exact) mass is 295 g/mol. The van der Waals surface area contributed by atoms with E-state index in [1.54, 1.807) is 5.57 Å². The van der Waals surface area contributed by atoms with E-state index in [4.69, 9.17) is 0 Å². The summed E-state index contributed by atoms with van der Waals surface area (Å²) < 4.78 is 2.23. The third-order valence-electron chi connectivity index (χ3n) is 2.52. The van der Waals surface area contributed by atoms with Crippen molar-refractivity contribution in [3.05, 3.63) is 9.66 Å². The molecule has 0 aliphatic rings. The van der Waals surface area contributed by atoms with Gasteiger partial charge in [0.2, 0.25) is 0 Å². The van der Waals surface area contributed by atoms with Crippen LogP contribution in [0.3, 0.4) is 0 Å². The molecule has 2 heteroatoms. The van der Waals surface area contributed by atoms with Crippen LogP contribution in [-0.4, -0.2) is 24.5 Å². The van der Waals surface area contributed by atoms with Crippen molar-refractivity contribution in [2.75, 3.05) is 13.6 Å². The van der Waals surface area contributed by atoms with E-state index in [1.807, 2.05) is 0 Å². The fourth-order valence-corrected chi connectivity index (χ4v) is 2.06. The molecule has 0 aliphatic heterocycles. The molecular formula is C11H22IN. The van der Waals surface area contributed by atoms with Crippen molar-refractivity contribution in [3.63, 3.8) is 0 Å². The van der Waals surface area contributed by atoms with E-state index in [0.717, 1.165) is 0 Å². The molecule has 0 amide bonds. The SMILES string of the molecule is CC(C)/C(=C/I)CCN(C)C(C)C. The van der Waals surface area contributed by atoms with Gasteiger partial charge in [-0.05, 0) is 37.3 Å². The lowest BCUT2D eigenvalue weighted by Gasteiger charge is -2.22. The van der Waals surface area contributed by atoms with Crippen molar-refractivity contribution >= 4 is 22.6 Å². The zero-order valence-corrected chi connectivity index (χ0v) is 11.6. The van der Waals surface area contributed by atoms with E-state index in [-0.39, 0.29) is 0 Å². The Morgan fingerprint density at radius 1 is 1.31 bits per heavy atom. The molecule has 0 unspecified atom stereocenters. The van der Waals surface area contributed by atoms with E-state index >= 15 is 0 Å². The highest BCUT2D eigenvalue weighted by atomic mass is 127. The fourth-order valence-electron chi connectivity index (χ4n) is 1.03. The van der Waals surface area contributed by atoms with Crippen molar-refractivity contribution in [2.24, 2.45) is 5.92 Å². The minimum Gasteiger partial charge on any atom is -0.304 e. The van der Waals surface area contributed by atoms with E-state index in [1.165, 1.54) is 13.0 Å². The molecule has 0 spiro atoms. The molecule has 1 nitrogen and oxygen atoms in total. The van der Waals surface area contributed by atoms with E-state index in [0.29, 0.717) is 12.0 Å². The van der Waals surface area contributed by atoms with Gasteiger partial charge in [-0.2, -0.15) is 0 Å². The molecule has 0 heterocycles. The minimum atomic E-state index is 0.655. The molecule has 0 atom stereocenters. The number of halogens is 1. The highest BCUT2D eigenvalue weighted by molar-refractivity contribution is 14.1. The first-order chi connectivity index (χ1) is 5.99. The number of nitrogens with zero attached hydrogens (tertiary/aromatic N) is 1. The maximum absolute atomic E-state index is 2.39. The summed E-state index contributed by atoms with van der Waals surface area (Å²) in [5.41, 5.74) is 1.56. The molecule has 0 N–H and O–H groups in total. The Morgan fingerprint density at radius 2 is 1.85 bits per heavy atom. The molecule has 0 rings (SSSR count). The largest absolute Gasteiger partial charge is 0.304 e. The molecule has 0 saturated carbocycles. The van der Waals surface area contributed by atoms with Gasteiger partial charge in [0, 0.05) is 12.6 Å². The van der Waals surface area contributed by atoms with Gasteiger partial charge in [0.15, 0.2) is 0 Å². The van der Waals surface area contributed by atoms with E-state index < -0.39 is 0 Å². The molecule has 0 saturated heterocycles. The maximum Gasteiger partial charge on any atom is 0.00356 e. The van der Waals surface area contributed by atoms with Crippen LogP contribution < -0.4 is 0 Å². The normalized spacial score (nSPS) is 13.5. The molecule has 13 heavy (non-hydrogen) atoms. The second kappa shape index (κ2) is 6.82. The van der Waals surface area contributed by atoms with Crippen molar-refractivity contribution in [2.45, 2.75) is 40.2 Å². The highest BCUT2D eigenvalue weighted by Gasteiger charge is 2.06. The fraction of sp³-hybridized carbons (Fsp3) is 0.818. The van der Waals surface area contributed by atoms with Crippen LogP contribution in [0, 0.1) is 5.92 Å². The Morgan fingerprint density at radius 3 is 2.15 bits per heavy atom. The Labute approximate surface area is 96.7 Å². The van der Waals surface area contributed by atoms with Crippen LogP contribution in [0.1, 0.15) is 34.1 Å². The van der Waals surface area contributed by atoms with Gasteiger partial charge in [-0.15, -0.1) is 0 Å². The third-order valence-corrected chi connectivity index (χ3v) is 3.32. The standard InChI is InChI=1S/C11H22IN/c1-9(2)11(8-12)6-7-13(5)10(3)4/h8-10H,6-7H2,1-5H3/b11-8+. The summed E-state index contributed by atoms with van der Waals surface area (Å²) in [6.45, 7) is 10.2. The topological polar surface area (TPSA) is 3.24 Å². The van der Waals surface area contributed by atoms with Crippen LogP contribution in [0.25, 0.3) is 0 Å². The lowest BCUT2D eigenvalue weighted by Crippen LogP contribution is -2.27. The average Bonchev–Trinajstić information content (AvgIpc) is 2.04.